The first-order valence-corrected chi connectivity index (χ1v) is 5.81. The molecule has 0 radical (unpaired) electrons. The van der Waals surface area contributed by atoms with Crippen molar-refractivity contribution in [3.63, 3.8) is 0 Å². The standard InChI is InChI=1S/C11H13BrF3NO/c1-7-4-9(12)5-8(6-16)10(7)17-3-2-11(13,14)15/h4-5H,2-3,6,16H2,1H3. The molecule has 0 aliphatic heterocycles. The normalized spacial score (nSPS) is 11.6. The Kier molecular flexibility index (Phi) is 4.82. The maximum Gasteiger partial charge on any atom is 0.392 e. The number of nitrogens with two attached hydrogens (primary N) is 1. The number of alkyl halides is 3. The zero-order valence-corrected chi connectivity index (χ0v) is 10.9. The second kappa shape index (κ2) is 5.73. The van der Waals surface area contributed by atoms with Crippen LogP contribution in [0, 0.1) is 6.92 Å². The second-order valence-corrected chi connectivity index (χ2v) is 4.54. The quantitative estimate of drug-likeness (QED) is 0.923. The number of hydrogen-bond donors (Lipinski definition) is 1. The van der Waals surface area contributed by atoms with Gasteiger partial charge in [-0.05, 0) is 24.6 Å². The van der Waals surface area contributed by atoms with Crippen LogP contribution in [0.3, 0.4) is 0 Å². The highest BCUT2D eigenvalue weighted by molar-refractivity contribution is 9.10. The molecular weight excluding hydrogens is 299 g/mol. The van der Waals surface area contributed by atoms with E-state index in [4.69, 9.17) is 10.5 Å². The molecule has 0 aliphatic rings. The highest BCUT2D eigenvalue weighted by Crippen LogP contribution is 2.29. The molecule has 0 amide bonds. The predicted molar refractivity (Wildman–Crippen MR) is 62.9 cm³/mol. The van der Waals surface area contributed by atoms with Crippen LogP contribution >= 0.6 is 15.9 Å². The summed E-state index contributed by atoms with van der Waals surface area (Å²) >= 11 is 3.30. The molecule has 0 bridgehead atoms. The van der Waals surface area contributed by atoms with Crippen molar-refractivity contribution >= 4 is 15.9 Å². The smallest absolute Gasteiger partial charge is 0.392 e. The Bertz CT molecular complexity index is 393. The maximum atomic E-state index is 12.0. The van der Waals surface area contributed by atoms with Crippen LogP contribution in [0.25, 0.3) is 0 Å². The Hall–Kier alpha value is -0.750. The monoisotopic (exact) mass is 311 g/mol. The molecule has 0 heterocycles. The fraction of sp³-hybridized carbons (Fsp3) is 0.455. The molecule has 0 atom stereocenters. The van der Waals surface area contributed by atoms with Gasteiger partial charge in [0.25, 0.3) is 0 Å². The first kappa shape index (κ1) is 14.3. The Labute approximate surface area is 106 Å². The summed E-state index contributed by atoms with van der Waals surface area (Å²) in [5.41, 5.74) is 6.98. The Balaban J connectivity index is 2.76. The van der Waals surface area contributed by atoms with Gasteiger partial charge >= 0.3 is 6.18 Å². The third kappa shape index (κ3) is 4.55. The van der Waals surface area contributed by atoms with Crippen LogP contribution in [0.5, 0.6) is 5.75 Å². The SMILES string of the molecule is Cc1cc(Br)cc(CN)c1OCCC(F)(F)F. The summed E-state index contributed by atoms with van der Waals surface area (Å²) in [4.78, 5) is 0. The van der Waals surface area contributed by atoms with Crippen LogP contribution < -0.4 is 10.5 Å². The Morgan fingerprint density at radius 2 is 2.00 bits per heavy atom. The summed E-state index contributed by atoms with van der Waals surface area (Å²) in [6, 6.07) is 3.53. The fourth-order valence-electron chi connectivity index (χ4n) is 1.43. The van der Waals surface area contributed by atoms with Gasteiger partial charge in [-0.2, -0.15) is 13.2 Å². The van der Waals surface area contributed by atoms with Crippen molar-refractivity contribution in [2.24, 2.45) is 5.73 Å². The van der Waals surface area contributed by atoms with Gasteiger partial charge in [-0.15, -0.1) is 0 Å². The lowest BCUT2D eigenvalue weighted by molar-refractivity contribution is -0.139. The summed E-state index contributed by atoms with van der Waals surface area (Å²) in [5.74, 6) is 0.444. The van der Waals surface area contributed by atoms with E-state index in [-0.39, 0.29) is 13.2 Å². The second-order valence-electron chi connectivity index (χ2n) is 3.63. The zero-order valence-electron chi connectivity index (χ0n) is 9.27. The predicted octanol–water partition coefficient (Wildman–Crippen LogP) is 3.55. The van der Waals surface area contributed by atoms with E-state index >= 15 is 0 Å². The van der Waals surface area contributed by atoms with E-state index < -0.39 is 12.6 Å². The Morgan fingerprint density at radius 3 is 2.53 bits per heavy atom. The highest BCUT2D eigenvalue weighted by Gasteiger charge is 2.27. The summed E-state index contributed by atoms with van der Waals surface area (Å²) < 4.78 is 42.0. The van der Waals surface area contributed by atoms with Gasteiger partial charge in [0.1, 0.15) is 5.75 Å². The largest absolute Gasteiger partial charge is 0.493 e. The van der Waals surface area contributed by atoms with Gasteiger partial charge in [-0.3, -0.25) is 0 Å². The molecule has 1 aromatic rings. The van der Waals surface area contributed by atoms with E-state index in [1.54, 1.807) is 19.1 Å². The number of rotatable bonds is 4. The molecule has 6 heteroatoms. The number of benzene rings is 1. The molecule has 1 aromatic carbocycles. The van der Waals surface area contributed by atoms with Crippen molar-refractivity contribution in [3.05, 3.63) is 27.7 Å². The summed E-state index contributed by atoms with van der Waals surface area (Å²) in [5, 5.41) is 0. The van der Waals surface area contributed by atoms with Crippen molar-refractivity contribution in [3.8, 4) is 5.75 Å². The molecule has 2 nitrogen and oxygen atoms in total. The van der Waals surface area contributed by atoms with E-state index in [9.17, 15) is 13.2 Å². The fourth-order valence-corrected chi connectivity index (χ4v) is 2.05. The van der Waals surface area contributed by atoms with Gasteiger partial charge in [0.2, 0.25) is 0 Å². The van der Waals surface area contributed by atoms with Gasteiger partial charge < -0.3 is 10.5 Å². The van der Waals surface area contributed by atoms with Crippen molar-refractivity contribution in [1.29, 1.82) is 0 Å². The van der Waals surface area contributed by atoms with Gasteiger partial charge in [0.05, 0.1) is 13.0 Å². The molecular formula is C11H13BrF3NO. The first-order chi connectivity index (χ1) is 7.83. The molecule has 0 unspecified atom stereocenters. The lowest BCUT2D eigenvalue weighted by atomic mass is 10.1. The summed E-state index contributed by atoms with van der Waals surface area (Å²) in [6.07, 6.45) is -5.17. The molecule has 2 N–H and O–H groups in total. The van der Waals surface area contributed by atoms with Gasteiger partial charge in [0.15, 0.2) is 0 Å². The van der Waals surface area contributed by atoms with Crippen molar-refractivity contribution in [2.45, 2.75) is 26.1 Å². The van der Waals surface area contributed by atoms with Crippen molar-refractivity contribution < 1.29 is 17.9 Å². The van der Waals surface area contributed by atoms with E-state index in [1.165, 1.54) is 0 Å². The maximum absolute atomic E-state index is 12.0. The molecule has 1 rings (SSSR count). The van der Waals surface area contributed by atoms with Crippen LogP contribution in [0.2, 0.25) is 0 Å². The molecule has 0 spiro atoms. The van der Waals surface area contributed by atoms with Crippen LogP contribution in [0.1, 0.15) is 17.5 Å². The first-order valence-electron chi connectivity index (χ1n) is 5.02. The molecule has 17 heavy (non-hydrogen) atoms. The summed E-state index contributed by atoms with van der Waals surface area (Å²) in [6.45, 7) is 1.60. The minimum Gasteiger partial charge on any atom is -0.493 e. The van der Waals surface area contributed by atoms with E-state index in [1.807, 2.05) is 0 Å². The minimum absolute atomic E-state index is 0.224. The number of halogens is 4. The van der Waals surface area contributed by atoms with Gasteiger partial charge in [-0.1, -0.05) is 15.9 Å². The molecule has 0 fully saturated rings. The molecule has 96 valence electrons. The van der Waals surface area contributed by atoms with Gasteiger partial charge in [0, 0.05) is 16.6 Å². The van der Waals surface area contributed by atoms with E-state index in [0.717, 1.165) is 10.0 Å². The van der Waals surface area contributed by atoms with Crippen molar-refractivity contribution in [1.82, 2.24) is 0 Å². The lowest BCUT2D eigenvalue weighted by Crippen LogP contribution is -2.14. The van der Waals surface area contributed by atoms with Crippen LogP contribution in [-0.2, 0) is 6.54 Å². The number of ether oxygens (including phenoxy) is 1. The average Bonchev–Trinajstić information content (AvgIpc) is 2.18. The average molecular weight is 312 g/mol. The molecule has 0 saturated carbocycles. The van der Waals surface area contributed by atoms with Crippen LogP contribution in [0.15, 0.2) is 16.6 Å². The molecule has 0 aromatic heterocycles. The van der Waals surface area contributed by atoms with Crippen molar-refractivity contribution in [2.75, 3.05) is 6.61 Å². The van der Waals surface area contributed by atoms with Crippen LogP contribution in [0.4, 0.5) is 13.2 Å². The third-order valence-electron chi connectivity index (χ3n) is 2.17. The van der Waals surface area contributed by atoms with E-state index in [2.05, 4.69) is 15.9 Å². The Morgan fingerprint density at radius 1 is 1.35 bits per heavy atom. The minimum atomic E-state index is -4.20. The third-order valence-corrected chi connectivity index (χ3v) is 2.63. The van der Waals surface area contributed by atoms with Crippen LogP contribution in [-0.4, -0.2) is 12.8 Å². The molecule has 0 aliphatic carbocycles. The summed E-state index contributed by atoms with van der Waals surface area (Å²) in [7, 11) is 0. The number of hydrogen-bond acceptors (Lipinski definition) is 2. The van der Waals surface area contributed by atoms with Gasteiger partial charge in [-0.25, -0.2) is 0 Å². The number of aryl methyl sites for hydroxylation is 1. The zero-order chi connectivity index (χ0) is 13.1. The lowest BCUT2D eigenvalue weighted by Gasteiger charge is -2.14. The van der Waals surface area contributed by atoms with E-state index in [0.29, 0.717) is 11.3 Å². The topological polar surface area (TPSA) is 35.2 Å². The highest BCUT2D eigenvalue weighted by atomic mass is 79.9. The molecule has 0 saturated heterocycles.